The molecule has 1 aromatic carbocycles. The van der Waals surface area contributed by atoms with Gasteiger partial charge in [-0.15, -0.1) is 0 Å². The fraction of sp³-hybridized carbons (Fsp3) is 0.571. The Kier molecular flexibility index (Phi) is 3.37. The minimum absolute atomic E-state index is 0.378. The maximum atomic E-state index is 9.46. The first-order valence-corrected chi connectivity index (χ1v) is 6.25. The standard InChI is InChI=1S/C14H21NO/c1-3-11-4-5-13(9-11)15-12-6-7-14(16)10(2)8-12/h6-8,11,13,15-16H,3-5,9H2,1-2H3. The van der Waals surface area contributed by atoms with E-state index in [1.165, 1.54) is 25.7 Å². The molecule has 0 saturated heterocycles. The first kappa shape index (κ1) is 11.3. The van der Waals surface area contributed by atoms with Crippen LogP contribution in [0.4, 0.5) is 5.69 Å². The first-order valence-electron chi connectivity index (χ1n) is 6.25. The third-order valence-corrected chi connectivity index (χ3v) is 3.69. The van der Waals surface area contributed by atoms with E-state index >= 15 is 0 Å². The van der Waals surface area contributed by atoms with E-state index in [2.05, 4.69) is 12.2 Å². The van der Waals surface area contributed by atoms with Crippen molar-refractivity contribution in [2.75, 3.05) is 5.32 Å². The van der Waals surface area contributed by atoms with E-state index in [-0.39, 0.29) is 0 Å². The summed E-state index contributed by atoms with van der Waals surface area (Å²) in [6.45, 7) is 4.21. The number of aromatic hydroxyl groups is 1. The van der Waals surface area contributed by atoms with Crippen molar-refractivity contribution in [3.05, 3.63) is 23.8 Å². The van der Waals surface area contributed by atoms with E-state index in [0.717, 1.165) is 17.2 Å². The molecule has 0 heterocycles. The number of phenolic OH excluding ortho intramolecular Hbond substituents is 1. The van der Waals surface area contributed by atoms with E-state index < -0.39 is 0 Å². The Bertz CT molecular complexity index is 362. The van der Waals surface area contributed by atoms with Crippen LogP contribution < -0.4 is 5.32 Å². The van der Waals surface area contributed by atoms with Crippen LogP contribution in [0.2, 0.25) is 0 Å². The lowest BCUT2D eigenvalue weighted by molar-refractivity contribution is 0.471. The highest BCUT2D eigenvalue weighted by Crippen LogP contribution is 2.30. The molecule has 2 heteroatoms. The summed E-state index contributed by atoms with van der Waals surface area (Å²) >= 11 is 0. The van der Waals surface area contributed by atoms with Crippen molar-refractivity contribution in [1.82, 2.24) is 0 Å². The largest absolute Gasteiger partial charge is 0.508 e. The molecule has 0 aliphatic heterocycles. The van der Waals surface area contributed by atoms with Crippen molar-refractivity contribution in [2.45, 2.75) is 45.6 Å². The zero-order valence-corrected chi connectivity index (χ0v) is 10.2. The molecule has 2 unspecified atom stereocenters. The van der Waals surface area contributed by atoms with Gasteiger partial charge >= 0.3 is 0 Å². The first-order chi connectivity index (χ1) is 7.69. The van der Waals surface area contributed by atoms with Crippen LogP contribution in [0.1, 0.15) is 38.2 Å². The summed E-state index contributed by atoms with van der Waals surface area (Å²) < 4.78 is 0. The van der Waals surface area contributed by atoms with Crippen molar-refractivity contribution in [2.24, 2.45) is 5.92 Å². The Morgan fingerprint density at radius 2 is 2.19 bits per heavy atom. The molecule has 1 aliphatic carbocycles. The summed E-state index contributed by atoms with van der Waals surface area (Å²) in [5.74, 6) is 1.28. The lowest BCUT2D eigenvalue weighted by Crippen LogP contribution is -2.15. The second-order valence-electron chi connectivity index (χ2n) is 4.93. The number of anilines is 1. The van der Waals surface area contributed by atoms with Gasteiger partial charge in [-0.05, 0) is 55.9 Å². The molecular weight excluding hydrogens is 198 g/mol. The fourth-order valence-electron chi connectivity index (χ4n) is 2.56. The van der Waals surface area contributed by atoms with Gasteiger partial charge in [0.1, 0.15) is 5.75 Å². The van der Waals surface area contributed by atoms with Crippen LogP contribution in [0.5, 0.6) is 5.75 Å². The Balaban J connectivity index is 1.97. The lowest BCUT2D eigenvalue weighted by Gasteiger charge is -2.15. The van der Waals surface area contributed by atoms with Crippen LogP contribution in [-0.2, 0) is 0 Å². The summed E-state index contributed by atoms with van der Waals surface area (Å²) in [7, 11) is 0. The van der Waals surface area contributed by atoms with Gasteiger partial charge in [-0.2, -0.15) is 0 Å². The van der Waals surface area contributed by atoms with Crippen LogP contribution in [0.15, 0.2) is 18.2 Å². The average molecular weight is 219 g/mol. The van der Waals surface area contributed by atoms with Gasteiger partial charge in [0.25, 0.3) is 0 Å². The number of rotatable bonds is 3. The van der Waals surface area contributed by atoms with Gasteiger partial charge in [-0.1, -0.05) is 13.3 Å². The van der Waals surface area contributed by atoms with Gasteiger partial charge in [-0.25, -0.2) is 0 Å². The fourth-order valence-corrected chi connectivity index (χ4v) is 2.56. The molecule has 0 amide bonds. The highest BCUT2D eigenvalue weighted by molar-refractivity contribution is 5.50. The van der Waals surface area contributed by atoms with E-state index in [1.807, 2.05) is 19.1 Å². The Labute approximate surface area is 97.7 Å². The van der Waals surface area contributed by atoms with Crippen molar-refractivity contribution in [1.29, 1.82) is 0 Å². The topological polar surface area (TPSA) is 32.3 Å². The molecule has 0 aromatic heterocycles. The van der Waals surface area contributed by atoms with Crippen LogP contribution >= 0.6 is 0 Å². The highest BCUT2D eigenvalue weighted by atomic mass is 16.3. The number of nitrogens with one attached hydrogen (secondary N) is 1. The molecule has 0 spiro atoms. The number of phenols is 1. The second kappa shape index (κ2) is 4.77. The molecule has 0 bridgehead atoms. The summed E-state index contributed by atoms with van der Waals surface area (Å²) in [4.78, 5) is 0. The normalized spacial score (nSPS) is 24.6. The minimum Gasteiger partial charge on any atom is -0.508 e. The summed E-state index contributed by atoms with van der Waals surface area (Å²) in [5.41, 5.74) is 2.08. The van der Waals surface area contributed by atoms with E-state index in [4.69, 9.17) is 0 Å². The van der Waals surface area contributed by atoms with Crippen LogP contribution in [0, 0.1) is 12.8 Å². The lowest BCUT2D eigenvalue weighted by atomic mass is 10.1. The quantitative estimate of drug-likeness (QED) is 0.760. The van der Waals surface area contributed by atoms with Crippen molar-refractivity contribution < 1.29 is 5.11 Å². The smallest absolute Gasteiger partial charge is 0.118 e. The van der Waals surface area contributed by atoms with E-state index in [0.29, 0.717) is 11.8 Å². The van der Waals surface area contributed by atoms with E-state index in [9.17, 15) is 5.11 Å². The van der Waals surface area contributed by atoms with E-state index in [1.54, 1.807) is 6.07 Å². The van der Waals surface area contributed by atoms with Gasteiger partial charge in [0.15, 0.2) is 0 Å². The van der Waals surface area contributed by atoms with Gasteiger partial charge < -0.3 is 10.4 Å². The number of benzene rings is 1. The number of hydrogen-bond donors (Lipinski definition) is 2. The molecule has 2 rings (SSSR count). The molecule has 16 heavy (non-hydrogen) atoms. The summed E-state index contributed by atoms with van der Waals surface area (Å²) in [6, 6.07) is 6.37. The molecular formula is C14H21NO. The Morgan fingerprint density at radius 3 is 2.81 bits per heavy atom. The van der Waals surface area contributed by atoms with Crippen molar-refractivity contribution in [3.8, 4) is 5.75 Å². The molecule has 1 aliphatic rings. The minimum atomic E-state index is 0.378. The third-order valence-electron chi connectivity index (χ3n) is 3.69. The molecule has 0 radical (unpaired) electrons. The maximum absolute atomic E-state index is 9.46. The second-order valence-corrected chi connectivity index (χ2v) is 4.93. The van der Waals surface area contributed by atoms with Crippen LogP contribution in [0.3, 0.4) is 0 Å². The average Bonchev–Trinajstić information content (AvgIpc) is 2.71. The van der Waals surface area contributed by atoms with Gasteiger partial charge in [0.2, 0.25) is 0 Å². The number of aryl methyl sites for hydroxylation is 1. The van der Waals surface area contributed by atoms with Gasteiger partial charge in [0, 0.05) is 11.7 Å². The highest BCUT2D eigenvalue weighted by Gasteiger charge is 2.22. The van der Waals surface area contributed by atoms with Crippen molar-refractivity contribution in [3.63, 3.8) is 0 Å². The van der Waals surface area contributed by atoms with Crippen molar-refractivity contribution >= 4 is 5.69 Å². The molecule has 2 nitrogen and oxygen atoms in total. The molecule has 88 valence electrons. The SMILES string of the molecule is CCC1CCC(Nc2ccc(O)c(C)c2)C1. The zero-order chi connectivity index (χ0) is 11.5. The third kappa shape index (κ3) is 2.49. The predicted octanol–water partition coefficient (Wildman–Crippen LogP) is 3.69. The summed E-state index contributed by atoms with van der Waals surface area (Å²) in [6.07, 6.45) is 5.22. The zero-order valence-electron chi connectivity index (χ0n) is 10.2. The molecule has 2 N–H and O–H groups in total. The summed E-state index contributed by atoms with van der Waals surface area (Å²) in [5, 5.41) is 13.0. The maximum Gasteiger partial charge on any atom is 0.118 e. The van der Waals surface area contributed by atoms with Gasteiger partial charge in [-0.3, -0.25) is 0 Å². The Hall–Kier alpha value is -1.18. The predicted molar refractivity (Wildman–Crippen MR) is 67.9 cm³/mol. The molecule has 2 atom stereocenters. The molecule has 1 fully saturated rings. The number of hydrogen-bond acceptors (Lipinski definition) is 2. The van der Waals surface area contributed by atoms with Gasteiger partial charge in [0.05, 0.1) is 0 Å². The van der Waals surface area contributed by atoms with Crippen LogP contribution in [-0.4, -0.2) is 11.1 Å². The monoisotopic (exact) mass is 219 g/mol. The molecule has 1 aromatic rings. The molecule has 1 saturated carbocycles. The Morgan fingerprint density at radius 1 is 1.38 bits per heavy atom. The van der Waals surface area contributed by atoms with Crippen LogP contribution in [0.25, 0.3) is 0 Å².